The fourth-order valence-electron chi connectivity index (χ4n) is 4.34. The Balaban J connectivity index is 1.70. The summed E-state index contributed by atoms with van der Waals surface area (Å²) in [6.07, 6.45) is 6.97. The van der Waals surface area contributed by atoms with Gasteiger partial charge >= 0.3 is 0 Å². The number of hydrazone groups is 1. The lowest BCUT2D eigenvalue weighted by molar-refractivity contribution is -0.132. The van der Waals surface area contributed by atoms with Crippen molar-refractivity contribution in [3.8, 4) is 11.3 Å². The van der Waals surface area contributed by atoms with Gasteiger partial charge in [0.2, 0.25) is 5.91 Å². The van der Waals surface area contributed by atoms with Gasteiger partial charge < -0.3 is 16.1 Å². The number of benzene rings is 1. The van der Waals surface area contributed by atoms with Crippen LogP contribution in [0.2, 0.25) is 0 Å². The zero-order valence-corrected chi connectivity index (χ0v) is 20.2. The van der Waals surface area contributed by atoms with Crippen LogP contribution >= 0.6 is 0 Å². The molecule has 9 heteroatoms. The number of nitrogens with two attached hydrogens (primary N) is 1. The lowest BCUT2D eigenvalue weighted by Crippen LogP contribution is -2.44. The van der Waals surface area contributed by atoms with Crippen LogP contribution in [0.1, 0.15) is 44.0 Å². The van der Waals surface area contributed by atoms with Crippen LogP contribution < -0.4 is 11.2 Å². The first-order chi connectivity index (χ1) is 17.0. The lowest BCUT2D eigenvalue weighted by atomic mass is 9.92. The summed E-state index contributed by atoms with van der Waals surface area (Å²) < 4.78 is 0. The maximum Gasteiger partial charge on any atom is 0.219 e. The van der Waals surface area contributed by atoms with Gasteiger partial charge in [-0.25, -0.2) is 9.97 Å². The van der Waals surface area contributed by atoms with Crippen molar-refractivity contribution in [2.24, 2.45) is 15.9 Å². The highest BCUT2D eigenvalue weighted by molar-refractivity contribution is 6.38. The Bertz CT molecular complexity index is 1240. The molecule has 1 aromatic carbocycles. The first-order valence-electron chi connectivity index (χ1n) is 11.6. The van der Waals surface area contributed by atoms with Gasteiger partial charge in [-0.3, -0.25) is 14.8 Å². The van der Waals surface area contributed by atoms with Crippen molar-refractivity contribution in [2.45, 2.75) is 38.6 Å². The summed E-state index contributed by atoms with van der Waals surface area (Å²) in [5.41, 5.74) is 3.92. The first-order valence-corrected chi connectivity index (χ1v) is 11.6. The SMILES string of the molecule is CN=CC(=NN)c1cccc(Nc2cc(-c3cccnc3)nc([C@@H]3CC[C@H](C)N(C(C)=O)C3)n2)c1. The van der Waals surface area contributed by atoms with E-state index in [1.807, 2.05) is 47.4 Å². The summed E-state index contributed by atoms with van der Waals surface area (Å²) in [5, 5.41) is 7.23. The topological polar surface area (TPSA) is 122 Å². The van der Waals surface area contributed by atoms with Crippen LogP contribution in [0, 0.1) is 0 Å². The number of nitrogens with zero attached hydrogens (tertiary/aromatic N) is 6. The second-order valence-electron chi connectivity index (χ2n) is 8.64. The van der Waals surface area contributed by atoms with Crippen LogP contribution in [0.4, 0.5) is 11.5 Å². The molecule has 0 aliphatic carbocycles. The van der Waals surface area contributed by atoms with Gasteiger partial charge in [-0.1, -0.05) is 12.1 Å². The van der Waals surface area contributed by atoms with Gasteiger partial charge in [0.05, 0.1) is 5.69 Å². The number of rotatable bonds is 6. The monoisotopic (exact) mass is 470 g/mol. The number of carbonyl (C=O) groups is 1. The number of aromatic nitrogens is 3. The molecule has 1 aliphatic rings. The van der Waals surface area contributed by atoms with Gasteiger partial charge in [-0.15, -0.1) is 0 Å². The van der Waals surface area contributed by atoms with Gasteiger partial charge in [0, 0.05) is 74.0 Å². The van der Waals surface area contributed by atoms with E-state index in [9.17, 15) is 4.79 Å². The van der Waals surface area contributed by atoms with Gasteiger partial charge in [-0.2, -0.15) is 5.10 Å². The number of nitrogens with one attached hydrogen (secondary N) is 1. The third-order valence-electron chi connectivity index (χ3n) is 6.17. The Morgan fingerprint density at radius 3 is 2.77 bits per heavy atom. The minimum atomic E-state index is 0.0512. The van der Waals surface area contributed by atoms with Crippen LogP contribution in [0.15, 0.2) is 65.0 Å². The molecule has 3 aromatic rings. The second kappa shape index (κ2) is 10.9. The van der Waals surface area contributed by atoms with Gasteiger partial charge in [-0.05, 0) is 44.0 Å². The molecule has 180 valence electrons. The molecule has 2 aromatic heterocycles. The summed E-state index contributed by atoms with van der Waals surface area (Å²) in [6.45, 7) is 4.31. The quantitative estimate of drug-likeness (QED) is 0.321. The molecule has 0 bridgehead atoms. The fraction of sp³-hybridized carbons (Fsp3) is 0.308. The molecular weight excluding hydrogens is 440 g/mol. The van der Waals surface area contributed by atoms with Crippen LogP contribution in [0.5, 0.6) is 0 Å². The smallest absolute Gasteiger partial charge is 0.219 e. The maximum absolute atomic E-state index is 12.2. The van der Waals surface area contributed by atoms with E-state index in [0.717, 1.165) is 35.3 Å². The van der Waals surface area contributed by atoms with Crippen molar-refractivity contribution < 1.29 is 4.79 Å². The Labute approximate surface area is 205 Å². The van der Waals surface area contributed by atoms with E-state index in [4.69, 9.17) is 15.8 Å². The summed E-state index contributed by atoms with van der Waals surface area (Å²) in [4.78, 5) is 32.1. The summed E-state index contributed by atoms with van der Waals surface area (Å²) >= 11 is 0. The third kappa shape index (κ3) is 5.68. The predicted molar refractivity (Wildman–Crippen MR) is 139 cm³/mol. The standard InChI is InChI=1S/C26H30N8O/c1-17-9-10-21(16-34(17)18(2)35)26-31-23(20-7-5-11-29-14-20)13-25(32-26)30-22-8-4-6-19(12-22)24(33-27)15-28-3/h4-8,11-15,17,21H,9-10,16,27H2,1-3H3,(H,30,31,32)/t17-,21+/m0/s1. The predicted octanol–water partition coefficient (Wildman–Crippen LogP) is 3.76. The van der Waals surface area contributed by atoms with E-state index in [2.05, 4.69) is 27.3 Å². The largest absolute Gasteiger partial charge is 0.340 e. The number of amides is 1. The molecule has 0 radical (unpaired) electrons. The van der Waals surface area contributed by atoms with E-state index in [0.29, 0.717) is 23.9 Å². The lowest BCUT2D eigenvalue weighted by Gasteiger charge is -2.37. The van der Waals surface area contributed by atoms with Gasteiger partial charge in [0.25, 0.3) is 0 Å². The molecule has 1 amide bonds. The van der Waals surface area contributed by atoms with E-state index in [1.165, 1.54) is 0 Å². The summed E-state index contributed by atoms with van der Waals surface area (Å²) in [6, 6.07) is 13.7. The number of pyridine rings is 1. The molecule has 0 unspecified atom stereocenters. The van der Waals surface area contributed by atoms with Crippen LogP contribution in [0.25, 0.3) is 11.3 Å². The summed E-state index contributed by atoms with van der Waals surface area (Å²) in [5.74, 6) is 7.05. The molecular formula is C26H30N8O. The molecule has 1 saturated heterocycles. The van der Waals surface area contributed by atoms with E-state index in [-0.39, 0.29) is 17.9 Å². The summed E-state index contributed by atoms with van der Waals surface area (Å²) in [7, 11) is 1.68. The van der Waals surface area contributed by atoms with Crippen LogP contribution in [-0.2, 0) is 4.79 Å². The highest BCUT2D eigenvalue weighted by Gasteiger charge is 2.30. The average Bonchev–Trinajstić information content (AvgIpc) is 2.88. The molecule has 9 nitrogen and oxygen atoms in total. The van der Waals surface area contributed by atoms with Crippen molar-refractivity contribution in [1.29, 1.82) is 0 Å². The Hall–Kier alpha value is -4.14. The Kier molecular flexibility index (Phi) is 7.45. The highest BCUT2D eigenvalue weighted by atomic mass is 16.2. The van der Waals surface area contributed by atoms with E-state index in [1.54, 1.807) is 32.6 Å². The maximum atomic E-state index is 12.2. The van der Waals surface area contributed by atoms with Crippen LogP contribution in [-0.4, -0.2) is 57.3 Å². The molecule has 2 atom stereocenters. The highest BCUT2D eigenvalue weighted by Crippen LogP contribution is 2.31. The number of aliphatic imine (C=N–C) groups is 1. The normalized spacial score (nSPS) is 18.6. The average molecular weight is 471 g/mol. The second-order valence-corrected chi connectivity index (χ2v) is 8.64. The molecule has 35 heavy (non-hydrogen) atoms. The zero-order chi connectivity index (χ0) is 24.8. The van der Waals surface area contributed by atoms with Crippen molar-refractivity contribution in [2.75, 3.05) is 18.9 Å². The van der Waals surface area contributed by atoms with Crippen molar-refractivity contribution >= 4 is 29.3 Å². The van der Waals surface area contributed by atoms with Crippen molar-refractivity contribution in [3.63, 3.8) is 0 Å². The van der Waals surface area contributed by atoms with Crippen molar-refractivity contribution in [1.82, 2.24) is 19.9 Å². The third-order valence-corrected chi connectivity index (χ3v) is 6.17. The molecule has 0 spiro atoms. The number of hydrogen-bond acceptors (Lipinski definition) is 8. The first kappa shape index (κ1) is 24.0. The number of hydrogen-bond donors (Lipinski definition) is 2. The van der Waals surface area contributed by atoms with Crippen LogP contribution in [0.3, 0.4) is 0 Å². The van der Waals surface area contributed by atoms with E-state index >= 15 is 0 Å². The van der Waals surface area contributed by atoms with Crippen molar-refractivity contribution in [3.05, 3.63) is 66.2 Å². The molecule has 1 fully saturated rings. The van der Waals surface area contributed by atoms with Gasteiger partial charge in [0.1, 0.15) is 17.4 Å². The molecule has 4 rings (SSSR count). The Morgan fingerprint density at radius 2 is 2.06 bits per heavy atom. The fourth-order valence-corrected chi connectivity index (χ4v) is 4.34. The Morgan fingerprint density at radius 1 is 1.20 bits per heavy atom. The molecule has 1 aliphatic heterocycles. The molecule has 3 N–H and O–H groups in total. The molecule has 3 heterocycles. The number of anilines is 2. The number of likely N-dealkylation sites (tertiary alicyclic amines) is 1. The minimum absolute atomic E-state index is 0.0512. The number of piperidine rings is 1. The number of carbonyl (C=O) groups excluding carboxylic acids is 1. The zero-order valence-electron chi connectivity index (χ0n) is 20.2. The van der Waals surface area contributed by atoms with E-state index < -0.39 is 0 Å². The van der Waals surface area contributed by atoms with Gasteiger partial charge in [0.15, 0.2) is 0 Å². The molecule has 0 saturated carbocycles. The minimum Gasteiger partial charge on any atom is -0.340 e.